The molecule has 1 spiro atoms. The number of hydrogen-bond donors (Lipinski definition) is 0. The number of carbonyl (C=O) groups excluding carboxylic acids is 3. The summed E-state index contributed by atoms with van der Waals surface area (Å²) in [5, 5.41) is 0. The largest absolute Gasteiger partial charge is 0.461 e. The van der Waals surface area contributed by atoms with Gasteiger partial charge in [0, 0.05) is 23.8 Å². The number of epoxide rings is 1. The van der Waals surface area contributed by atoms with Crippen molar-refractivity contribution in [2.75, 3.05) is 6.61 Å². The van der Waals surface area contributed by atoms with Crippen LogP contribution in [-0.2, 0) is 38.1 Å². The van der Waals surface area contributed by atoms with Gasteiger partial charge in [0.1, 0.15) is 18.3 Å². The highest BCUT2D eigenvalue weighted by atomic mass is 16.8. The maximum Gasteiger partial charge on any atom is 0.334 e. The second kappa shape index (κ2) is 6.40. The second-order valence-electron chi connectivity index (χ2n) is 8.77. The second-order valence-corrected chi connectivity index (χ2v) is 8.77. The van der Waals surface area contributed by atoms with E-state index in [2.05, 4.69) is 13.2 Å². The van der Waals surface area contributed by atoms with Crippen molar-refractivity contribution in [2.24, 2.45) is 23.2 Å². The molecule has 4 fully saturated rings. The summed E-state index contributed by atoms with van der Waals surface area (Å²) in [5.41, 5.74) is -1.52. The Kier molecular flexibility index (Phi) is 4.44. The Morgan fingerprint density at radius 2 is 1.97 bits per heavy atom. The van der Waals surface area contributed by atoms with E-state index in [0.717, 1.165) is 0 Å². The highest BCUT2D eigenvalue weighted by molar-refractivity contribution is 5.91. The molecule has 0 unspecified atom stereocenters. The highest BCUT2D eigenvalue weighted by Crippen LogP contribution is 2.64. The summed E-state index contributed by atoms with van der Waals surface area (Å²) >= 11 is 0. The van der Waals surface area contributed by atoms with Crippen molar-refractivity contribution in [1.82, 2.24) is 0 Å². The van der Waals surface area contributed by atoms with Crippen LogP contribution in [0.15, 0.2) is 24.8 Å². The lowest BCUT2D eigenvalue weighted by atomic mass is 9.54. The average Bonchev–Trinajstić information content (AvgIpc) is 3.37. The first-order valence-electron chi connectivity index (χ1n) is 9.77. The van der Waals surface area contributed by atoms with Crippen molar-refractivity contribution in [3.63, 3.8) is 0 Å². The van der Waals surface area contributed by atoms with Gasteiger partial charge in [-0.3, -0.25) is 9.59 Å². The molecular formula is C21H26O8. The lowest BCUT2D eigenvalue weighted by molar-refractivity contribution is -0.318. The summed E-state index contributed by atoms with van der Waals surface area (Å²) < 4.78 is 28.9. The SMILES string of the molecule is C=C[C@@]1(C)[C@H]2[C@@H](OC(=O)C(C)C)[C@@H]3C(=C)C(=O)O[C@@H]3[C@@H]1O[C@H](OC(C)=O)[C@@]21CO1. The summed E-state index contributed by atoms with van der Waals surface area (Å²) in [6, 6.07) is 0. The van der Waals surface area contributed by atoms with Gasteiger partial charge >= 0.3 is 17.9 Å². The number of ether oxygens (including phenoxy) is 5. The van der Waals surface area contributed by atoms with Gasteiger partial charge in [-0.2, -0.15) is 0 Å². The lowest BCUT2D eigenvalue weighted by Gasteiger charge is -2.59. The monoisotopic (exact) mass is 406 g/mol. The molecule has 29 heavy (non-hydrogen) atoms. The van der Waals surface area contributed by atoms with Crippen LogP contribution in [0.3, 0.4) is 0 Å². The zero-order chi connectivity index (χ0) is 21.3. The van der Waals surface area contributed by atoms with Crippen molar-refractivity contribution in [2.45, 2.75) is 57.9 Å². The van der Waals surface area contributed by atoms with E-state index >= 15 is 0 Å². The van der Waals surface area contributed by atoms with Crippen LogP contribution in [-0.4, -0.2) is 54.7 Å². The molecule has 4 aliphatic rings. The van der Waals surface area contributed by atoms with E-state index in [0.29, 0.717) is 0 Å². The standard InChI is InChI=1S/C21H26O8/c1-7-20(6)15-13(27-17(23)9(2)3)12-10(4)18(24)28-14(12)16(20)29-19(26-11(5)22)21(15)8-25-21/h7,9,12-16,19H,1,4,8H2,2-3,5-6H3/t12-,13-,14-,15+,16-,19-,20-,21+/m0/s1. The van der Waals surface area contributed by atoms with Gasteiger partial charge in [-0.1, -0.05) is 33.4 Å². The van der Waals surface area contributed by atoms with Gasteiger partial charge in [0.05, 0.1) is 18.4 Å². The number of rotatable bonds is 4. The zero-order valence-electron chi connectivity index (χ0n) is 17.0. The van der Waals surface area contributed by atoms with Crippen molar-refractivity contribution in [3.8, 4) is 0 Å². The Labute approximate surface area is 169 Å². The molecule has 1 saturated carbocycles. The summed E-state index contributed by atoms with van der Waals surface area (Å²) in [4.78, 5) is 36.6. The minimum absolute atomic E-state index is 0.239. The van der Waals surface area contributed by atoms with E-state index in [9.17, 15) is 14.4 Å². The van der Waals surface area contributed by atoms with Crippen LogP contribution in [0.4, 0.5) is 0 Å². The summed E-state index contributed by atoms with van der Waals surface area (Å²) in [5.74, 6) is -2.89. The Bertz CT molecular complexity index is 797. The van der Waals surface area contributed by atoms with Gasteiger partial charge < -0.3 is 23.7 Å². The Morgan fingerprint density at radius 3 is 2.48 bits per heavy atom. The van der Waals surface area contributed by atoms with E-state index in [1.54, 1.807) is 19.9 Å². The molecule has 0 aromatic carbocycles. The number of hydrogen-bond acceptors (Lipinski definition) is 8. The minimum Gasteiger partial charge on any atom is -0.461 e. The molecule has 0 aromatic heterocycles. The number of carbonyl (C=O) groups is 3. The van der Waals surface area contributed by atoms with E-state index < -0.39 is 65.4 Å². The van der Waals surface area contributed by atoms with Gasteiger partial charge in [-0.05, 0) is 0 Å². The van der Waals surface area contributed by atoms with Crippen LogP contribution in [0.1, 0.15) is 27.7 Å². The third-order valence-electron chi connectivity index (χ3n) is 6.64. The Morgan fingerprint density at radius 1 is 1.31 bits per heavy atom. The van der Waals surface area contributed by atoms with Crippen LogP contribution in [0.2, 0.25) is 0 Å². The zero-order valence-corrected chi connectivity index (χ0v) is 17.0. The van der Waals surface area contributed by atoms with E-state index in [1.165, 1.54) is 6.92 Å². The van der Waals surface area contributed by atoms with Crippen LogP contribution >= 0.6 is 0 Å². The van der Waals surface area contributed by atoms with Crippen molar-refractivity contribution in [1.29, 1.82) is 0 Å². The summed E-state index contributed by atoms with van der Waals surface area (Å²) in [7, 11) is 0. The third-order valence-corrected chi connectivity index (χ3v) is 6.64. The van der Waals surface area contributed by atoms with Crippen LogP contribution in [0, 0.1) is 23.2 Å². The van der Waals surface area contributed by atoms with Gasteiger partial charge in [0.2, 0.25) is 6.29 Å². The number of fused-ring (bicyclic) bond motifs is 5. The van der Waals surface area contributed by atoms with Crippen LogP contribution in [0.25, 0.3) is 0 Å². The van der Waals surface area contributed by atoms with Gasteiger partial charge in [-0.15, -0.1) is 6.58 Å². The molecule has 2 bridgehead atoms. The van der Waals surface area contributed by atoms with Gasteiger partial charge in [0.25, 0.3) is 0 Å². The van der Waals surface area contributed by atoms with E-state index in [1.807, 2.05) is 6.92 Å². The molecule has 1 aliphatic carbocycles. The van der Waals surface area contributed by atoms with Crippen LogP contribution < -0.4 is 0 Å². The average molecular weight is 406 g/mol. The first-order valence-corrected chi connectivity index (χ1v) is 9.77. The van der Waals surface area contributed by atoms with Crippen molar-refractivity contribution in [3.05, 3.63) is 24.8 Å². The maximum absolute atomic E-state index is 12.6. The van der Waals surface area contributed by atoms with E-state index in [4.69, 9.17) is 23.7 Å². The quantitative estimate of drug-likeness (QED) is 0.228. The molecule has 8 nitrogen and oxygen atoms in total. The molecule has 0 radical (unpaired) electrons. The first kappa shape index (κ1) is 20.1. The molecule has 0 N–H and O–H groups in total. The summed E-state index contributed by atoms with van der Waals surface area (Å²) in [6.07, 6.45) is -1.45. The highest BCUT2D eigenvalue weighted by Gasteiger charge is 2.78. The predicted molar refractivity (Wildman–Crippen MR) is 98.1 cm³/mol. The smallest absolute Gasteiger partial charge is 0.334 e. The molecule has 8 atom stereocenters. The molecule has 8 heteroatoms. The lowest BCUT2D eigenvalue weighted by Crippen LogP contribution is -2.71. The summed E-state index contributed by atoms with van der Waals surface area (Å²) in [6.45, 7) is 14.8. The molecular weight excluding hydrogens is 380 g/mol. The Balaban J connectivity index is 1.85. The van der Waals surface area contributed by atoms with Gasteiger partial charge in [0.15, 0.2) is 5.60 Å². The molecule has 3 aliphatic heterocycles. The predicted octanol–water partition coefficient (Wildman–Crippen LogP) is 1.53. The topological polar surface area (TPSA) is 101 Å². The van der Waals surface area contributed by atoms with Gasteiger partial charge in [-0.25, -0.2) is 4.79 Å². The molecule has 158 valence electrons. The van der Waals surface area contributed by atoms with Crippen LogP contribution in [0.5, 0.6) is 0 Å². The Hall–Kier alpha value is -2.19. The van der Waals surface area contributed by atoms with Crippen molar-refractivity contribution < 1.29 is 38.1 Å². The number of esters is 3. The minimum atomic E-state index is -1.00. The molecule has 4 rings (SSSR count). The van der Waals surface area contributed by atoms with E-state index in [-0.39, 0.29) is 18.1 Å². The molecule has 0 amide bonds. The normalized spacial score (nSPS) is 44.9. The molecule has 0 aromatic rings. The van der Waals surface area contributed by atoms with Crippen molar-refractivity contribution >= 4 is 17.9 Å². The fraction of sp³-hybridized carbons (Fsp3) is 0.667. The third kappa shape index (κ3) is 2.69. The maximum atomic E-state index is 12.6. The fourth-order valence-electron chi connectivity index (χ4n) is 5.09. The first-order chi connectivity index (χ1) is 13.6. The molecule has 3 saturated heterocycles. The molecule has 3 heterocycles. The fourth-order valence-corrected chi connectivity index (χ4v) is 5.09.